The highest BCUT2D eigenvalue weighted by molar-refractivity contribution is 5.85. The first kappa shape index (κ1) is 50.2. The molecule has 1 aromatic heterocycles. The molecule has 2 unspecified atom stereocenters. The van der Waals surface area contributed by atoms with E-state index in [4.69, 9.17) is 29.7 Å². The van der Waals surface area contributed by atoms with Crippen LogP contribution in [0.5, 0.6) is 0 Å². The van der Waals surface area contributed by atoms with E-state index in [1.54, 1.807) is 12.1 Å². The van der Waals surface area contributed by atoms with Gasteiger partial charge >= 0.3 is 1.43 Å². The van der Waals surface area contributed by atoms with Gasteiger partial charge in [-0.05, 0) is 55.8 Å². The largest absolute Gasteiger partial charge is 1.00 e. The zero-order chi connectivity index (χ0) is 43.3. The van der Waals surface area contributed by atoms with Crippen molar-refractivity contribution in [2.75, 3.05) is 26.4 Å². The third-order valence-electron chi connectivity index (χ3n) is 9.02. The molecule has 62 heavy (non-hydrogen) atoms. The molecule has 1 heterocycles. The Morgan fingerprint density at radius 2 is 0.968 bits per heavy atom. The smallest absolute Gasteiger partial charge is 0.351 e. The lowest BCUT2D eigenvalue weighted by Crippen LogP contribution is -2.31. The molecule has 0 aliphatic rings. The van der Waals surface area contributed by atoms with Crippen LogP contribution in [0.4, 0.5) is 0 Å². The predicted molar refractivity (Wildman–Crippen MR) is 258 cm³/mol. The Labute approximate surface area is 370 Å². The summed E-state index contributed by atoms with van der Waals surface area (Å²) in [6.07, 6.45) is 3.90. The predicted octanol–water partition coefficient (Wildman–Crippen LogP) is 12.5. The normalized spacial score (nSPS) is 11.5. The van der Waals surface area contributed by atoms with E-state index >= 15 is 0 Å². The SMILES string of the molecule is C.CCOC(OCC)C(N)c1ccccc1.CCOC(OCC)C(N=Cc1ccccc1)c1ccccc1.O=Cc1ccccc1.[H+].c1ccc(-c2cc3ccccc3cn2)cc1. The van der Waals surface area contributed by atoms with Gasteiger partial charge in [-0.2, -0.15) is 0 Å². The first-order valence-corrected chi connectivity index (χ1v) is 20.8. The number of nitrogens with zero attached hydrogens (tertiary/aromatic N) is 2. The van der Waals surface area contributed by atoms with Crippen molar-refractivity contribution in [3.8, 4) is 11.3 Å². The first-order valence-electron chi connectivity index (χ1n) is 20.8. The molecule has 2 atom stereocenters. The van der Waals surface area contributed by atoms with Crippen molar-refractivity contribution in [1.29, 1.82) is 0 Å². The summed E-state index contributed by atoms with van der Waals surface area (Å²) in [5.74, 6) is 0. The van der Waals surface area contributed by atoms with Crippen LogP contribution in [0.3, 0.4) is 0 Å². The van der Waals surface area contributed by atoms with Gasteiger partial charge in [-0.1, -0.05) is 183 Å². The lowest BCUT2D eigenvalue weighted by Gasteiger charge is -2.24. The van der Waals surface area contributed by atoms with Crippen LogP contribution in [0.15, 0.2) is 193 Å². The monoisotopic (exact) mass is 834 g/mol. The highest BCUT2D eigenvalue weighted by Gasteiger charge is 2.23. The highest BCUT2D eigenvalue weighted by atomic mass is 16.7. The number of ether oxygens (including phenoxy) is 4. The van der Waals surface area contributed by atoms with Crippen LogP contribution in [-0.2, 0) is 18.9 Å². The minimum atomic E-state index is -0.377. The third-order valence-corrected chi connectivity index (χ3v) is 9.02. The molecule has 0 saturated carbocycles. The Morgan fingerprint density at radius 3 is 1.45 bits per heavy atom. The molecule has 0 radical (unpaired) electrons. The number of pyridine rings is 1. The molecule has 6 aromatic carbocycles. The fourth-order valence-corrected chi connectivity index (χ4v) is 6.03. The topological polar surface area (TPSA) is 105 Å². The molecule has 8 heteroatoms. The Hall–Kier alpha value is -6.13. The molecular weight excluding hydrogens is 771 g/mol. The lowest BCUT2D eigenvalue weighted by atomic mass is 10.1. The number of hydrogen-bond acceptors (Lipinski definition) is 8. The van der Waals surface area contributed by atoms with Gasteiger partial charge in [-0.3, -0.25) is 14.8 Å². The summed E-state index contributed by atoms with van der Waals surface area (Å²) in [4.78, 5) is 19.2. The van der Waals surface area contributed by atoms with Gasteiger partial charge in [-0.25, -0.2) is 0 Å². The van der Waals surface area contributed by atoms with Crippen molar-refractivity contribution in [1.82, 2.24) is 4.98 Å². The molecule has 8 nitrogen and oxygen atoms in total. The van der Waals surface area contributed by atoms with Crippen LogP contribution in [0.1, 0.15) is 75.7 Å². The maximum atomic E-state index is 10.0. The van der Waals surface area contributed by atoms with Crippen molar-refractivity contribution in [3.63, 3.8) is 0 Å². The zero-order valence-corrected chi connectivity index (χ0v) is 35.7. The third kappa shape index (κ3) is 17.5. The Morgan fingerprint density at radius 1 is 0.548 bits per heavy atom. The Balaban J connectivity index is 0.000000299. The maximum absolute atomic E-state index is 10.0. The van der Waals surface area contributed by atoms with Crippen molar-refractivity contribution >= 4 is 23.3 Å². The van der Waals surface area contributed by atoms with E-state index < -0.39 is 0 Å². The minimum absolute atomic E-state index is 0. The van der Waals surface area contributed by atoms with E-state index in [-0.39, 0.29) is 33.5 Å². The molecule has 324 valence electrons. The molecular formula is C54H64N3O5+. The number of aldehydes is 1. The average Bonchev–Trinajstić information content (AvgIpc) is 3.33. The molecule has 0 amide bonds. The second-order valence-electron chi connectivity index (χ2n) is 13.4. The number of carbonyl (C=O) groups excluding carboxylic acids is 1. The van der Waals surface area contributed by atoms with E-state index in [2.05, 4.69) is 53.5 Å². The number of hydrogen-bond donors (Lipinski definition) is 1. The van der Waals surface area contributed by atoms with Crippen molar-refractivity contribution < 1.29 is 25.2 Å². The fraction of sp³-hybridized carbons (Fsp3) is 0.241. The zero-order valence-electron chi connectivity index (χ0n) is 36.7. The lowest BCUT2D eigenvalue weighted by molar-refractivity contribution is -0.149. The molecule has 7 aromatic rings. The molecule has 0 aliphatic carbocycles. The van der Waals surface area contributed by atoms with E-state index in [9.17, 15) is 4.79 Å². The van der Waals surface area contributed by atoms with Crippen LogP contribution in [-0.4, -0.2) is 56.5 Å². The fourth-order valence-electron chi connectivity index (χ4n) is 6.03. The summed E-state index contributed by atoms with van der Waals surface area (Å²) >= 11 is 0. The molecule has 0 aliphatic heterocycles. The Bertz CT molecular complexity index is 2210. The van der Waals surface area contributed by atoms with Gasteiger partial charge < -0.3 is 24.7 Å². The van der Waals surface area contributed by atoms with Crippen molar-refractivity contribution in [2.24, 2.45) is 10.7 Å². The van der Waals surface area contributed by atoms with Gasteiger partial charge in [0.2, 0.25) is 0 Å². The molecule has 0 fully saturated rings. The number of fused-ring (bicyclic) bond motifs is 1. The number of aromatic nitrogens is 1. The number of rotatable bonds is 16. The van der Waals surface area contributed by atoms with E-state index in [1.165, 1.54) is 10.8 Å². The van der Waals surface area contributed by atoms with Gasteiger partial charge in [0.05, 0.1) is 11.7 Å². The van der Waals surface area contributed by atoms with Gasteiger partial charge in [0.25, 0.3) is 0 Å². The highest BCUT2D eigenvalue weighted by Crippen LogP contribution is 2.25. The van der Waals surface area contributed by atoms with Crippen LogP contribution >= 0.6 is 0 Å². The summed E-state index contributed by atoms with van der Waals surface area (Å²) in [6, 6.07) is 59.4. The Kier molecular flexibility index (Phi) is 24.3. The first-order chi connectivity index (χ1) is 30.0. The van der Waals surface area contributed by atoms with Crippen LogP contribution in [0.2, 0.25) is 0 Å². The molecule has 0 bridgehead atoms. The standard InChI is InChI=1S/C19H23NO2.C15H11N.C12H19NO2.C7H6O.CH4/c1-3-21-19(22-4-2)18(17-13-9-6-10-14-17)20-15-16-11-7-5-8-12-16;1-2-6-12(7-3-1)15-10-13-8-4-5-9-14(13)11-16-15;1-3-14-12(15-4-2)11(13)10-8-6-5-7-9-10;8-6-7-4-2-1-3-5-7;/h5-15,18-19H,3-4H2,1-2H3;1-11H;5-9,11-12H,3-4,13H2,1-2H3;1-6H;1H4/p+1. The summed E-state index contributed by atoms with van der Waals surface area (Å²) in [5.41, 5.74) is 12.2. The number of nitrogens with two attached hydrogens (primary N) is 1. The molecule has 0 spiro atoms. The molecule has 2 N–H and O–H groups in total. The summed E-state index contributed by atoms with van der Waals surface area (Å²) in [5, 5.41) is 2.42. The summed E-state index contributed by atoms with van der Waals surface area (Å²) in [7, 11) is 0. The van der Waals surface area contributed by atoms with Crippen LogP contribution in [0, 0.1) is 0 Å². The van der Waals surface area contributed by atoms with Crippen LogP contribution in [0.25, 0.3) is 22.0 Å². The van der Waals surface area contributed by atoms with Gasteiger partial charge in [0.15, 0.2) is 12.6 Å². The minimum Gasteiger partial charge on any atom is -0.351 e. The van der Waals surface area contributed by atoms with Crippen molar-refractivity contribution in [3.05, 3.63) is 210 Å². The number of benzene rings is 6. The maximum Gasteiger partial charge on any atom is 1.00 e. The van der Waals surface area contributed by atoms with Gasteiger partial charge in [0, 0.05) is 55.4 Å². The summed E-state index contributed by atoms with van der Waals surface area (Å²) in [6.45, 7) is 10.2. The van der Waals surface area contributed by atoms with Crippen molar-refractivity contribution in [2.45, 2.75) is 59.8 Å². The molecule has 7 rings (SSSR count). The molecule has 0 saturated heterocycles. The number of aliphatic imine (C=N–C) groups is 1. The second-order valence-corrected chi connectivity index (χ2v) is 13.4. The average molecular weight is 835 g/mol. The quantitative estimate of drug-likeness (QED) is 0.0587. The summed E-state index contributed by atoms with van der Waals surface area (Å²) < 4.78 is 22.4. The van der Waals surface area contributed by atoms with Gasteiger partial charge in [0.1, 0.15) is 12.3 Å². The van der Waals surface area contributed by atoms with E-state index in [0.29, 0.717) is 26.4 Å². The van der Waals surface area contributed by atoms with Gasteiger partial charge in [-0.15, -0.1) is 0 Å². The van der Waals surface area contributed by atoms with E-state index in [0.717, 1.165) is 39.8 Å². The van der Waals surface area contributed by atoms with Crippen LogP contribution < -0.4 is 5.73 Å². The number of carbonyl (C=O) groups is 1. The van der Waals surface area contributed by atoms with E-state index in [1.807, 2.05) is 161 Å². The second kappa shape index (κ2) is 30.0.